The lowest BCUT2D eigenvalue weighted by Crippen LogP contribution is -2.26. The highest BCUT2D eigenvalue weighted by molar-refractivity contribution is 5.80. The lowest BCUT2D eigenvalue weighted by atomic mass is 10.3. The number of furan rings is 1. The monoisotopic (exact) mass is 278 g/mol. The molecule has 0 radical (unpaired) electrons. The van der Waals surface area contributed by atoms with Crippen molar-refractivity contribution in [2.75, 3.05) is 6.54 Å². The SMILES string of the molecule is CCCC(=O)N(CCC#N)/N=C/c1ccc([N+](=O)[O-])o1. The Hall–Kier alpha value is -2.69. The fourth-order valence-electron chi connectivity index (χ4n) is 1.38. The number of hydrogen-bond donors (Lipinski definition) is 0. The predicted molar refractivity (Wildman–Crippen MR) is 69.8 cm³/mol. The Morgan fingerprint density at radius 3 is 2.95 bits per heavy atom. The number of nitrogens with zero attached hydrogens (tertiary/aromatic N) is 4. The largest absolute Gasteiger partial charge is 0.433 e. The van der Waals surface area contributed by atoms with E-state index in [9.17, 15) is 14.9 Å². The molecule has 0 fully saturated rings. The van der Waals surface area contributed by atoms with Crippen molar-refractivity contribution < 1.29 is 14.1 Å². The van der Waals surface area contributed by atoms with Gasteiger partial charge in [-0.2, -0.15) is 10.4 Å². The van der Waals surface area contributed by atoms with Gasteiger partial charge < -0.3 is 4.42 Å². The smallest absolute Gasteiger partial charge is 0.400 e. The van der Waals surface area contributed by atoms with Gasteiger partial charge in [0.2, 0.25) is 5.91 Å². The molecular formula is C12H14N4O4. The van der Waals surface area contributed by atoms with E-state index in [0.29, 0.717) is 12.8 Å². The normalized spacial score (nSPS) is 10.4. The molecule has 0 spiro atoms. The number of carbonyl (C=O) groups is 1. The molecule has 0 aliphatic heterocycles. The minimum atomic E-state index is -0.660. The molecule has 1 amide bonds. The van der Waals surface area contributed by atoms with Gasteiger partial charge in [0, 0.05) is 6.42 Å². The van der Waals surface area contributed by atoms with E-state index in [-0.39, 0.29) is 24.6 Å². The minimum absolute atomic E-state index is 0.158. The van der Waals surface area contributed by atoms with Crippen LogP contribution in [0.5, 0.6) is 0 Å². The maximum Gasteiger partial charge on any atom is 0.433 e. The minimum Gasteiger partial charge on any atom is -0.400 e. The number of carbonyl (C=O) groups excluding carboxylic acids is 1. The van der Waals surface area contributed by atoms with Crippen LogP contribution in [0.1, 0.15) is 31.9 Å². The maximum atomic E-state index is 11.7. The molecule has 0 aliphatic rings. The van der Waals surface area contributed by atoms with Crippen molar-refractivity contribution in [1.82, 2.24) is 5.01 Å². The zero-order valence-corrected chi connectivity index (χ0v) is 11.0. The number of hydrogen-bond acceptors (Lipinski definition) is 6. The number of rotatable bonds is 7. The molecule has 1 rings (SSSR count). The molecule has 1 heterocycles. The molecule has 0 saturated carbocycles. The van der Waals surface area contributed by atoms with Gasteiger partial charge in [-0.3, -0.25) is 14.9 Å². The van der Waals surface area contributed by atoms with Crippen molar-refractivity contribution in [3.63, 3.8) is 0 Å². The second kappa shape index (κ2) is 7.68. The van der Waals surface area contributed by atoms with Gasteiger partial charge in [-0.25, -0.2) is 5.01 Å². The molecular weight excluding hydrogens is 264 g/mol. The molecule has 0 unspecified atom stereocenters. The summed E-state index contributed by atoms with van der Waals surface area (Å²) in [5, 5.41) is 24.1. The zero-order chi connectivity index (χ0) is 15.0. The number of nitro groups is 1. The summed E-state index contributed by atoms with van der Waals surface area (Å²) in [5.74, 6) is -0.432. The average molecular weight is 278 g/mol. The van der Waals surface area contributed by atoms with Crippen LogP contribution in [0.15, 0.2) is 21.7 Å². The third-order valence-corrected chi connectivity index (χ3v) is 2.30. The van der Waals surface area contributed by atoms with E-state index >= 15 is 0 Å². The van der Waals surface area contributed by atoms with Crippen molar-refractivity contribution >= 4 is 18.0 Å². The van der Waals surface area contributed by atoms with Crippen LogP contribution in [-0.2, 0) is 4.79 Å². The standard InChI is InChI=1S/C12H14N4O4/c1-2-4-11(17)15(8-3-7-13)14-9-10-5-6-12(20-10)16(18)19/h5-6,9H,2-4,8H2,1H3/b14-9+. The highest BCUT2D eigenvalue weighted by Gasteiger charge is 2.13. The fourth-order valence-corrected chi connectivity index (χ4v) is 1.38. The van der Waals surface area contributed by atoms with Crippen LogP contribution < -0.4 is 0 Å². The van der Waals surface area contributed by atoms with Crippen LogP contribution in [0, 0.1) is 21.4 Å². The van der Waals surface area contributed by atoms with Crippen molar-refractivity contribution in [2.45, 2.75) is 26.2 Å². The average Bonchev–Trinajstić information content (AvgIpc) is 2.88. The molecule has 0 atom stereocenters. The molecule has 20 heavy (non-hydrogen) atoms. The van der Waals surface area contributed by atoms with E-state index in [0.717, 1.165) is 0 Å². The topological polar surface area (TPSA) is 113 Å². The van der Waals surface area contributed by atoms with E-state index in [1.54, 1.807) is 0 Å². The van der Waals surface area contributed by atoms with E-state index in [2.05, 4.69) is 5.10 Å². The lowest BCUT2D eigenvalue weighted by Gasteiger charge is -2.14. The van der Waals surface area contributed by atoms with Crippen LogP contribution in [-0.4, -0.2) is 28.6 Å². The Morgan fingerprint density at radius 2 is 2.40 bits per heavy atom. The van der Waals surface area contributed by atoms with Crippen LogP contribution in [0.2, 0.25) is 0 Å². The fraction of sp³-hybridized carbons (Fsp3) is 0.417. The Morgan fingerprint density at radius 1 is 1.65 bits per heavy atom. The van der Waals surface area contributed by atoms with Gasteiger partial charge in [-0.1, -0.05) is 6.92 Å². The molecule has 1 aromatic rings. The van der Waals surface area contributed by atoms with Gasteiger partial charge in [-0.05, 0) is 12.5 Å². The van der Waals surface area contributed by atoms with Crippen molar-refractivity contribution in [1.29, 1.82) is 5.26 Å². The van der Waals surface area contributed by atoms with Crippen LogP contribution in [0.3, 0.4) is 0 Å². The summed E-state index contributed by atoms with van der Waals surface area (Å²) in [4.78, 5) is 21.5. The molecule has 0 N–H and O–H groups in total. The molecule has 0 bridgehead atoms. The van der Waals surface area contributed by atoms with E-state index in [1.807, 2.05) is 13.0 Å². The molecule has 0 aliphatic carbocycles. The highest BCUT2D eigenvalue weighted by atomic mass is 16.6. The number of nitriles is 1. The molecule has 0 saturated heterocycles. The van der Waals surface area contributed by atoms with Gasteiger partial charge in [0.15, 0.2) is 5.76 Å². The van der Waals surface area contributed by atoms with Gasteiger partial charge in [0.25, 0.3) is 0 Å². The number of amides is 1. The second-order valence-electron chi connectivity index (χ2n) is 3.85. The van der Waals surface area contributed by atoms with E-state index in [4.69, 9.17) is 9.68 Å². The lowest BCUT2D eigenvalue weighted by molar-refractivity contribution is -0.402. The van der Waals surface area contributed by atoms with Gasteiger partial charge in [-0.15, -0.1) is 0 Å². The second-order valence-corrected chi connectivity index (χ2v) is 3.85. The van der Waals surface area contributed by atoms with Crippen molar-refractivity contribution in [3.05, 3.63) is 28.0 Å². The number of hydrazone groups is 1. The summed E-state index contributed by atoms with van der Waals surface area (Å²) in [6.07, 6.45) is 2.37. The summed E-state index contributed by atoms with van der Waals surface area (Å²) >= 11 is 0. The Kier molecular flexibility index (Phi) is 5.90. The first-order valence-electron chi connectivity index (χ1n) is 6.04. The summed E-state index contributed by atoms with van der Waals surface area (Å²) in [5.41, 5.74) is 0. The molecule has 8 nitrogen and oxygen atoms in total. The maximum absolute atomic E-state index is 11.7. The van der Waals surface area contributed by atoms with Crippen LogP contribution in [0.25, 0.3) is 0 Å². The first-order valence-corrected chi connectivity index (χ1v) is 6.04. The third kappa shape index (κ3) is 4.53. The molecule has 106 valence electrons. The summed E-state index contributed by atoms with van der Waals surface area (Å²) in [7, 11) is 0. The Balaban J connectivity index is 2.76. The molecule has 1 aromatic heterocycles. The van der Waals surface area contributed by atoms with Gasteiger partial charge >= 0.3 is 5.88 Å². The third-order valence-electron chi connectivity index (χ3n) is 2.30. The summed E-state index contributed by atoms with van der Waals surface area (Å²) in [6, 6.07) is 4.52. The van der Waals surface area contributed by atoms with Gasteiger partial charge in [0.05, 0.1) is 31.3 Å². The Bertz CT molecular complexity index is 544. The summed E-state index contributed by atoms with van der Waals surface area (Å²) < 4.78 is 4.89. The molecule has 0 aromatic carbocycles. The van der Waals surface area contributed by atoms with E-state index in [1.165, 1.54) is 23.4 Å². The summed E-state index contributed by atoms with van der Waals surface area (Å²) in [6.45, 7) is 2.04. The predicted octanol–water partition coefficient (Wildman–Crippen LogP) is 2.06. The van der Waals surface area contributed by atoms with Crippen molar-refractivity contribution in [2.24, 2.45) is 5.10 Å². The highest BCUT2D eigenvalue weighted by Crippen LogP contribution is 2.14. The van der Waals surface area contributed by atoms with Crippen LogP contribution >= 0.6 is 0 Å². The Labute approximate surface area is 115 Å². The zero-order valence-electron chi connectivity index (χ0n) is 11.0. The van der Waals surface area contributed by atoms with Crippen LogP contribution in [0.4, 0.5) is 5.88 Å². The first kappa shape index (κ1) is 15.4. The first-order chi connectivity index (χ1) is 9.58. The van der Waals surface area contributed by atoms with Crippen molar-refractivity contribution in [3.8, 4) is 6.07 Å². The van der Waals surface area contributed by atoms with E-state index < -0.39 is 10.8 Å². The van der Waals surface area contributed by atoms with Gasteiger partial charge in [0.1, 0.15) is 4.92 Å². The molecule has 8 heteroatoms. The quantitative estimate of drug-likeness (QED) is 0.430.